The van der Waals surface area contributed by atoms with Gasteiger partial charge in [-0.15, -0.1) is 0 Å². The molecule has 0 saturated carbocycles. The molecule has 0 aliphatic carbocycles. The smallest absolute Gasteiger partial charge is 0.242 e. The Labute approximate surface area is 145 Å². The number of nitrogens with zero attached hydrogens (tertiary/aromatic N) is 4. The number of carbonyl (C=O) groups excluding carboxylic acids is 1. The Morgan fingerprint density at radius 2 is 2.00 bits per heavy atom. The number of likely N-dealkylation sites (tertiary alicyclic amines) is 1. The molecule has 23 heavy (non-hydrogen) atoms. The van der Waals surface area contributed by atoms with Crippen molar-refractivity contribution in [2.24, 2.45) is 0 Å². The number of hydrogen-bond acceptors (Lipinski definition) is 5. The molecule has 0 radical (unpaired) electrons. The quantitative estimate of drug-likeness (QED) is 0.832. The second kappa shape index (κ2) is 7.27. The van der Waals surface area contributed by atoms with Crippen molar-refractivity contribution in [2.75, 3.05) is 31.6 Å². The molecule has 0 N–H and O–H groups in total. The van der Waals surface area contributed by atoms with Crippen LogP contribution in [-0.2, 0) is 11.2 Å². The Morgan fingerprint density at radius 1 is 1.30 bits per heavy atom. The van der Waals surface area contributed by atoms with Gasteiger partial charge in [0, 0.05) is 43.1 Å². The Hall–Kier alpha value is -1.66. The van der Waals surface area contributed by atoms with Gasteiger partial charge < -0.3 is 9.80 Å². The molecule has 7 heteroatoms. The first-order valence-electron chi connectivity index (χ1n) is 7.68. The number of anilines is 1. The van der Waals surface area contributed by atoms with Crippen LogP contribution in [0, 0.1) is 0 Å². The molecule has 3 rings (SSSR count). The summed E-state index contributed by atoms with van der Waals surface area (Å²) in [5.74, 6) is 0.937. The molecule has 1 aromatic carbocycles. The minimum Gasteiger partial charge on any atom is -0.341 e. The van der Waals surface area contributed by atoms with Crippen molar-refractivity contribution in [3.63, 3.8) is 0 Å². The molecular weight excluding hydrogens is 332 g/mol. The van der Waals surface area contributed by atoms with Gasteiger partial charge in [-0.1, -0.05) is 23.7 Å². The van der Waals surface area contributed by atoms with E-state index < -0.39 is 0 Å². The Morgan fingerprint density at radius 3 is 2.70 bits per heavy atom. The maximum absolute atomic E-state index is 12.2. The van der Waals surface area contributed by atoms with Crippen LogP contribution in [0.2, 0.25) is 5.02 Å². The highest BCUT2D eigenvalue weighted by Gasteiger charge is 2.20. The van der Waals surface area contributed by atoms with Gasteiger partial charge in [-0.2, -0.15) is 4.37 Å². The third kappa shape index (κ3) is 4.20. The zero-order valence-corrected chi connectivity index (χ0v) is 14.6. The van der Waals surface area contributed by atoms with Crippen molar-refractivity contribution >= 4 is 34.2 Å². The van der Waals surface area contributed by atoms with E-state index in [-0.39, 0.29) is 5.91 Å². The fourth-order valence-corrected chi connectivity index (χ4v) is 3.36. The third-order valence-corrected chi connectivity index (χ3v) is 5.01. The van der Waals surface area contributed by atoms with E-state index in [0.717, 1.165) is 47.5 Å². The summed E-state index contributed by atoms with van der Waals surface area (Å²) in [5.41, 5.74) is 1.12. The van der Waals surface area contributed by atoms with E-state index in [1.165, 1.54) is 11.5 Å². The molecule has 1 aliphatic rings. The van der Waals surface area contributed by atoms with Gasteiger partial charge in [0.25, 0.3) is 0 Å². The number of rotatable bonds is 5. The average Bonchev–Trinajstić information content (AvgIpc) is 3.21. The van der Waals surface area contributed by atoms with E-state index in [1.807, 2.05) is 41.1 Å². The van der Waals surface area contributed by atoms with Gasteiger partial charge in [-0.25, -0.2) is 4.98 Å². The van der Waals surface area contributed by atoms with Crippen LogP contribution in [0.3, 0.4) is 0 Å². The van der Waals surface area contributed by atoms with Crippen molar-refractivity contribution in [1.82, 2.24) is 14.3 Å². The number of benzene rings is 1. The average molecular weight is 351 g/mol. The second-order valence-corrected chi connectivity index (χ2v) is 6.91. The van der Waals surface area contributed by atoms with Crippen LogP contribution >= 0.6 is 23.1 Å². The summed E-state index contributed by atoms with van der Waals surface area (Å²) >= 11 is 7.22. The van der Waals surface area contributed by atoms with E-state index >= 15 is 0 Å². The molecule has 2 heterocycles. The van der Waals surface area contributed by atoms with Crippen LogP contribution in [0.5, 0.6) is 0 Å². The summed E-state index contributed by atoms with van der Waals surface area (Å²) in [6.07, 6.45) is 2.89. The van der Waals surface area contributed by atoms with Crippen LogP contribution in [0.15, 0.2) is 24.3 Å². The number of likely N-dealkylation sites (N-methyl/N-ethyl adjacent to an activating group) is 1. The summed E-state index contributed by atoms with van der Waals surface area (Å²) in [4.78, 5) is 20.5. The normalized spacial score (nSPS) is 14.3. The standard InChI is InChI=1S/C16H19ClN4OS/c1-20(11-15(22)21-8-2-3-9-21)16-18-14(19-23-16)10-12-4-6-13(17)7-5-12/h4-7H,2-3,8-11H2,1H3. The molecule has 5 nitrogen and oxygen atoms in total. The lowest BCUT2D eigenvalue weighted by molar-refractivity contribution is -0.128. The highest BCUT2D eigenvalue weighted by Crippen LogP contribution is 2.19. The number of carbonyl (C=O) groups is 1. The van der Waals surface area contributed by atoms with E-state index in [9.17, 15) is 4.79 Å². The van der Waals surface area contributed by atoms with Gasteiger partial charge in [0.15, 0.2) is 0 Å². The van der Waals surface area contributed by atoms with Gasteiger partial charge in [-0.3, -0.25) is 4.79 Å². The molecule has 0 atom stereocenters. The Kier molecular flexibility index (Phi) is 5.13. The first-order valence-corrected chi connectivity index (χ1v) is 8.83. The topological polar surface area (TPSA) is 49.3 Å². The summed E-state index contributed by atoms with van der Waals surface area (Å²) in [6.45, 7) is 2.12. The Bertz CT molecular complexity index is 667. The van der Waals surface area contributed by atoms with E-state index in [4.69, 9.17) is 11.6 Å². The summed E-state index contributed by atoms with van der Waals surface area (Å²) < 4.78 is 4.39. The maximum Gasteiger partial charge on any atom is 0.242 e. The fraction of sp³-hybridized carbons (Fsp3) is 0.438. The SMILES string of the molecule is CN(CC(=O)N1CCCC1)c1nc(Cc2ccc(Cl)cc2)ns1. The van der Waals surface area contributed by atoms with Gasteiger partial charge in [0.05, 0.1) is 6.54 Å². The van der Waals surface area contributed by atoms with Crippen LogP contribution in [0.1, 0.15) is 24.2 Å². The first kappa shape index (κ1) is 16.2. The van der Waals surface area contributed by atoms with Crippen LogP contribution in [0.4, 0.5) is 5.13 Å². The number of aromatic nitrogens is 2. The molecule has 0 unspecified atom stereocenters. The van der Waals surface area contributed by atoms with Crippen molar-refractivity contribution in [1.29, 1.82) is 0 Å². The molecule has 122 valence electrons. The van der Waals surface area contributed by atoms with Crippen molar-refractivity contribution in [2.45, 2.75) is 19.3 Å². The second-order valence-electron chi connectivity index (χ2n) is 5.74. The van der Waals surface area contributed by atoms with Crippen molar-refractivity contribution < 1.29 is 4.79 Å². The number of amides is 1. The van der Waals surface area contributed by atoms with Crippen molar-refractivity contribution in [3.05, 3.63) is 40.7 Å². The lowest BCUT2D eigenvalue weighted by atomic mass is 10.1. The van der Waals surface area contributed by atoms with Crippen molar-refractivity contribution in [3.8, 4) is 0 Å². The number of hydrogen-bond donors (Lipinski definition) is 0. The largest absolute Gasteiger partial charge is 0.341 e. The minimum atomic E-state index is 0.166. The summed E-state index contributed by atoms with van der Waals surface area (Å²) in [5, 5.41) is 1.50. The lowest BCUT2D eigenvalue weighted by Gasteiger charge is -2.20. The number of halogens is 1. The minimum absolute atomic E-state index is 0.166. The van der Waals surface area contributed by atoms with E-state index in [2.05, 4.69) is 9.36 Å². The predicted octanol–water partition coefficient (Wildman–Crippen LogP) is 2.84. The van der Waals surface area contributed by atoms with Gasteiger partial charge in [0.2, 0.25) is 11.0 Å². The fourth-order valence-electron chi connectivity index (χ4n) is 2.59. The van der Waals surface area contributed by atoms with E-state index in [1.54, 1.807) is 0 Å². The lowest BCUT2D eigenvalue weighted by Crippen LogP contribution is -2.37. The summed E-state index contributed by atoms with van der Waals surface area (Å²) in [7, 11) is 1.89. The van der Waals surface area contributed by atoms with Gasteiger partial charge in [-0.05, 0) is 30.5 Å². The molecule has 1 fully saturated rings. The molecule has 1 aromatic heterocycles. The monoisotopic (exact) mass is 350 g/mol. The molecule has 0 bridgehead atoms. The maximum atomic E-state index is 12.2. The molecule has 1 aliphatic heterocycles. The highest BCUT2D eigenvalue weighted by atomic mass is 35.5. The highest BCUT2D eigenvalue weighted by molar-refractivity contribution is 7.09. The summed E-state index contributed by atoms with van der Waals surface area (Å²) in [6, 6.07) is 7.68. The Balaban J connectivity index is 1.59. The zero-order valence-electron chi connectivity index (χ0n) is 13.0. The van der Waals surface area contributed by atoms with Crippen LogP contribution in [0.25, 0.3) is 0 Å². The molecule has 0 spiro atoms. The van der Waals surface area contributed by atoms with E-state index in [0.29, 0.717) is 13.0 Å². The molecule has 2 aromatic rings. The first-order chi connectivity index (χ1) is 11.1. The molecule has 1 amide bonds. The predicted molar refractivity (Wildman–Crippen MR) is 93.3 cm³/mol. The zero-order chi connectivity index (χ0) is 16.2. The molecular formula is C16H19ClN4OS. The van der Waals surface area contributed by atoms with Gasteiger partial charge >= 0.3 is 0 Å². The molecule has 1 saturated heterocycles. The van der Waals surface area contributed by atoms with Crippen LogP contribution < -0.4 is 4.90 Å². The third-order valence-electron chi connectivity index (χ3n) is 3.89. The van der Waals surface area contributed by atoms with Gasteiger partial charge in [0.1, 0.15) is 5.82 Å². The van der Waals surface area contributed by atoms with Crippen LogP contribution in [-0.4, -0.2) is 46.8 Å².